The molecule has 0 atom stereocenters. The highest BCUT2D eigenvalue weighted by Crippen LogP contribution is 2.50. The molecule has 5 nitrogen and oxygen atoms in total. The molecule has 2 fully saturated rings. The van der Waals surface area contributed by atoms with Gasteiger partial charge in [-0.1, -0.05) is 29.9 Å². The number of carbonyl (C=O) groups is 1. The number of carbonyl (C=O) groups excluding carboxylic acids is 1. The van der Waals surface area contributed by atoms with E-state index in [1.54, 1.807) is 26.5 Å². The van der Waals surface area contributed by atoms with Gasteiger partial charge in [0.2, 0.25) is 0 Å². The number of hydrogen-bond acceptors (Lipinski definition) is 6. The first-order chi connectivity index (χ1) is 17.4. The summed E-state index contributed by atoms with van der Waals surface area (Å²) in [7, 11) is 3.18. The highest BCUT2D eigenvalue weighted by atomic mass is 35.5. The van der Waals surface area contributed by atoms with Crippen molar-refractivity contribution in [3.05, 3.63) is 53.2 Å². The average molecular weight is 524 g/mol. The predicted octanol–water partition coefficient (Wildman–Crippen LogP) is 7.40. The van der Waals surface area contributed by atoms with Gasteiger partial charge in [0.15, 0.2) is 11.5 Å². The third kappa shape index (κ3) is 5.21. The lowest BCUT2D eigenvalue weighted by atomic mass is 9.90. The molecule has 0 N–H and O–H groups in total. The number of ether oxygens (including phenoxy) is 3. The normalized spacial score (nSPS) is 20.5. The van der Waals surface area contributed by atoms with Crippen LogP contribution in [0.2, 0.25) is 5.02 Å². The van der Waals surface area contributed by atoms with Gasteiger partial charge in [0, 0.05) is 41.8 Å². The smallest absolute Gasteiger partial charge is 0.162 e. The van der Waals surface area contributed by atoms with Gasteiger partial charge in [0.05, 0.1) is 24.8 Å². The minimum atomic E-state index is 0.284. The number of aromatic nitrogens is 1. The SMILES string of the molecule is COc1cc2nccc(Oc3ccc(CC(=S)CC(=O)CC4C5CCC4CC5)cc3Cl)c2cc1OC. The molecule has 0 radical (unpaired) electrons. The molecule has 1 aromatic heterocycles. The van der Waals surface area contributed by atoms with E-state index in [-0.39, 0.29) is 5.78 Å². The Bertz CT molecular complexity index is 1290. The molecular formula is C29H30ClNO4S. The van der Waals surface area contributed by atoms with Crippen LogP contribution in [0.1, 0.15) is 44.1 Å². The third-order valence-corrected chi connectivity index (χ3v) is 8.29. The van der Waals surface area contributed by atoms with E-state index in [1.807, 2.05) is 30.3 Å². The summed E-state index contributed by atoms with van der Waals surface area (Å²) in [5.74, 6) is 4.73. The highest BCUT2D eigenvalue weighted by Gasteiger charge is 2.42. The number of hydrogen-bond donors (Lipinski definition) is 0. The maximum atomic E-state index is 12.7. The summed E-state index contributed by atoms with van der Waals surface area (Å²) in [6.45, 7) is 0. The molecule has 2 aromatic carbocycles. The summed E-state index contributed by atoms with van der Waals surface area (Å²) in [6, 6.07) is 11.1. The molecule has 0 aliphatic heterocycles. The van der Waals surface area contributed by atoms with Crippen molar-refractivity contribution < 1.29 is 19.0 Å². The van der Waals surface area contributed by atoms with Crippen LogP contribution in [0.4, 0.5) is 0 Å². The summed E-state index contributed by atoms with van der Waals surface area (Å²) in [4.78, 5) is 17.9. The molecule has 2 aliphatic carbocycles. The number of thiocarbonyl (C=S) groups is 1. The molecule has 5 rings (SSSR count). The lowest BCUT2D eigenvalue weighted by Crippen LogP contribution is -2.16. The van der Waals surface area contributed by atoms with Crippen molar-refractivity contribution in [2.45, 2.75) is 44.9 Å². The summed E-state index contributed by atoms with van der Waals surface area (Å²) < 4.78 is 17.0. The number of methoxy groups -OCH3 is 2. The van der Waals surface area contributed by atoms with E-state index in [4.69, 9.17) is 38.0 Å². The Morgan fingerprint density at radius 2 is 1.67 bits per heavy atom. The molecule has 2 bridgehead atoms. The van der Waals surface area contributed by atoms with Crippen molar-refractivity contribution in [3.63, 3.8) is 0 Å². The zero-order valence-electron chi connectivity index (χ0n) is 20.6. The van der Waals surface area contributed by atoms with Crippen molar-refractivity contribution in [3.8, 4) is 23.0 Å². The molecule has 188 valence electrons. The fraction of sp³-hybridized carbons (Fsp3) is 0.414. The van der Waals surface area contributed by atoms with Crippen LogP contribution in [0.3, 0.4) is 0 Å². The number of pyridine rings is 1. The topological polar surface area (TPSA) is 57.7 Å². The van der Waals surface area contributed by atoms with Crippen LogP contribution in [-0.2, 0) is 11.2 Å². The molecule has 0 saturated heterocycles. The summed E-state index contributed by atoms with van der Waals surface area (Å²) in [5, 5.41) is 1.26. The van der Waals surface area contributed by atoms with E-state index >= 15 is 0 Å². The van der Waals surface area contributed by atoms with Crippen molar-refractivity contribution in [2.75, 3.05) is 14.2 Å². The number of rotatable bonds is 10. The van der Waals surface area contributed by atoms with Crippen LogP contribution in [-0.4, -0.2) is 29.9 Å². The van der Waals surface area contributed by atoms with Crippen molar-refractivity contribution in [1.29, 1.82) is 0 Å². The van der Waals surface area contributed by atoms with E-state index in [9.17, 15) is 4.79 Å². The second kappa shape index (κ2) is 10.7. The zero-order valence-corrected chi connectivity index (χ0v) is 22.2. The molecule has 2 aliphatic rings. The van der Waals surface area contributed by atoms with Crippen molar-refractivity contribution in [2.24, 2.45) is 17.8 Å². The second-order valence-corrected chi connectivity index (χ2v) is 10.9. The fourth-order valence-electron chi connectivity index (χ4n) is 5.96. The van der Waals surface area contributed by atoms with Crippen LogP contribution in [0.5, 0.6) is 23.0 Å². The first-order valence-electron chi connectivity index (χ1n) is 12.5. The van der Waals surface area contributed by atoms with Gasteiger partial charge >= 0.3 is 0 Å². The molecule has 0 spiro atoms. The van der Waals surface area contributed by atoms with Gasteiger partial charge < -0.3 is 14.2 Å². The number of Topliss-reactive ketones (excluding diaryl/α,β-unsaturated/α-hetero) is 1. The molecule has 2 saturated carbocycles. The molecule has 0 unspecified atom stereocenters. The molecular weight excluding hydrogens is 494 g/mol. The Hall–Kier alpha value is -2.70. The summed E-state index contributed by atoms with van der Waals surface area (Å²) in [5.41, 5.74) is 1.69. The Kier molecular flexibility index (Phi) is 7.44. The second-order valence-electron chi connectivity index (χ2n) is 9.87. The van der Waals surface area contributed by atoms with Crippen LogP contribution in [0.15, 0.2) is 42.6 Å². The Morgan fingerprint density at radius 3 is 2.33 bits per heavy atom. The van der Waals surface area contributed by atoms with Crippen LogP contribution >= 0.6 is 23.8 Å². The van der Waals surface area contributed by atoms with E-state index in [0.717, 1.165) is 33.2 Å². The summed E-state index contributed by atoms with van der Waals surface area (Å²) >= 11 is 12.2. The van der Waals surface area contributed by atoms with E-state index in [1.165, 1.54) is 25.7 Å². The highest BCUT2D eigenvalue weighted by molar-refractivity contribution is 7.80. The number of fused-ring (bicyclic) bond motifs is 3. The average Bonchev–Trinajstić information content (AvgIpc) is 3.43. The van der Waals surface area contributed by atoms with Crippen molar-refractivity contribution in [1.82, 2.24) is 4.98 Å². The Balaban J connectivity index is 1.24. The summed E-state index contributed by atoms with van der Waals surface area (Å²) in [6.07, 6.45) is 8.50. The zero-order chi connectivity index (χ0) is 25.2. The minimum Gasteiger partial charge on any atom is -0.493 e. The van der Waals surface area contributed by atoms with Gasteiger partial charge in [-0.3, -0.25) is 9.78 Å². The molecule has 7 heteroatoms. The minimum absolute atomic E-state index is 0.284. The molecule has 36 heavy (non-hydrogen) atoms. The lowest BCUT2D eigenvalue weighted by molar-refractivity contribution is -0.119. The largest absolute Gasteiger partial charge is 0.493 e. The van der Waals surface area contributed by atoms with E-state index in [2.05, 4.69) is 4.98 Å². The van der Waals surface area contributed by atoms with Gasteiger partial charge in [0.1, 0.15) is 17.3 Å². The number of halogens is 1. The number of benzene rings is 2. The van der Waals surface area contributed by atoms with Crippen LogP contribution < -0.4 is 14.2 Å². The molecule has 3 aromatic rings. The van der Waals surface area contributed by atoms with E-state index < -0.39 is 0 Å². The maximum Gasteiger partial charge on any atom is 0.162 e. The maximum absolute atomic E-state index is 12.7. The first kappa shape index (κ1) is 25.0. The third-order valence-electron chi connectivity index (χ3n) is 7.71. The number of ketones is 1. The predicted molar refractivity (Wildman–Crippen MR) is 146 cm³/mol. The molecule has 0 amide bonds. The Morgan fingerprint density at radius 1 is 0.972 bits per heavy atom. The lowest BCUT2D eigenvalue weighted by Gasteiger charge is -2.15. The van der Waals surface area contributed by atoms with Crippen molar-refractivity contribution >= 4 is 45.4 Å². The van der Waals surface area contributed by atoms with Crippen LogP contribution in [0, 0.1) is 17.8 Å². The standard InChI is InChI=1S/C29H30ClNO4S/c1-33-28-15-23-25(16-29(28)34-2)31-10-9-26(23)35-27-8-3-17(12-24(27)30)11-21(36)13-20(32)14-22-18-4-5-19(22)7-6-18/h3,8-10,12,15-16,18-19,22H,4-7,11,13-14H2,1-2H3. The van der Waals surface area contributed by atoms with Crippen LogP contribution in [0.25, 0.3) is 10.9 Å². The van der Waals surface area contributed by atoms with Gasteiger partial charge in [-0.25, -0.2) is 0 Å². The monoisotopic (exact) mass is 523 g/mol. The van der Waals surface area contributed by atoms with Gasteiger partial charge in [-0.2, -0.15) is 0 Å². The first-order valence-corrected chi connectivity index (χ1v) is 13.2. The fourth-order valence-corrected chi connectivity index (χ4v) is 6.53. The van der Waals surface area contributed by atoms with Gasteiger partial charge in [-0.05, 0) is 73.3 Å². The van der Waals surface area contributed by atoms with Gasteiger partial charge in [-0.15, -0.1) is 0 Å². The quantitative estimate of drug-likeness (QED) is 0.258. The van der Waals surface area contributed by atoms with E-state index in [0.29, 0.717) is 53.2 Å². The Labute approximate surface area is 222 Å². The van der Waals surface area contributed by atoms with Gasteiger partial charge in [0.25, 0.3) is 0 Å². The molecule has 1 heterocycles. The number of nitrogens with zero attached hydrogens (tertiary/aromatic N) is 1.